The first-order valence-corrected chi connectivity index (χ1v) is 12.1. The van der Waals surface area contributed by atoms with Crippen molar-refractivity contribution in [2.24, 2.45) is 23.3 Å². The van der Waals surface area contributed by atoms with Crippen LogP contribution in [0.1, 0.15) is 64.5 Å². The van der Waals surface area contributed by atoms with Crippen LogP contribution in [0, 0.1) is 11.8 Å². The maximum atomic E-state index is 11.4. The molecule has 2 aliphatic rings. The summed E-state index contributed by atoms with van der Waals surface area (Å²) in [6.45, 7) is 11.4. The molecular weight excluding hydrogens is 405 g/mol. The summed E-state index contributed by atoms with van der Waals surface area (Å²) in [5.74, 6) is -0.375. The molecule has 0 amide bonds. The monoisotopic (exact) mass is 453 g/mol. The van der Waals surface area contributed by atoms with Crippen LogP contribution in [0.15, 0.2) is 24.3 Å². The zero-order valence-corrected chi connectivity index (χ0v) is 21.0. The SMILES string of the molecule is CC.CCB(O)O.CCN.CN.O=C(O)[C@H]1CCCC[C@H]1CN1CCc2ccccc2C1. The lowest BCUT2D eigenvalue weighted by Crippen LogP contribution is -2.39. The van der Waals surface area contributed by atoms with Gasteiger partial charge in [-0.1, -0.05) is 64.8 Å². The van der Waals surface area contributed by atoms with Crippen molar-refractivity contribution < 1.29 is 19.9 Å². The Morgan fingerprint density at radius 3 is 2.09 bits per heavy atom. The van der Waals surface area contributed by atoms with Crippen molar-refractivity contribution in [2.75, 3.05) is 26.7 Å². The number of benzene rings is 1. The van der Waals surface area contributed by atoms with Crippen LogP contribution in [-0.4, -0.2) is 59.8 Å². The van der Waals surface area contributed by atoms with Gasteiger partial charge in [0.25, 0.3) is 0 Å². The minimum atomic E-state index is -1.12. The van der Waals surface area contributed by atoms with Crippen molar-refractivity contribution in [2.45, 2.75) is 72.7 Å². The molecule has 1 fully saturated rings. The second kappa shape index (κ2) is 21.4. The molecule has 2 atom stereocenters. The average molecular weight is 453 g/mol. The van der Waals surface area contributed by atoms with Gasteiger partial charge < -0.3 is 26.6 Å². The number of hydrogen-bond donors (Lipinski definition) is 5. The molecular formula is C24H48BN3O4. The van der Waals surface area contributed by atoms with Crippen molar-refractivity contribution in [3.8, 4) is 0 Å². The van der Waals surface area contributed by atoms with E-state index in [9.17, 15) is 9.90 Å². The minimum Gasteiger partial charge on any atom is -0.481 e. The molecule has 186 valence electrons. The van der Waals surface area contributed by atoms with Gasteiger partial charge in [0, 0.05) is 19.6 Å². The van der Waals surface area contributed by atoms with Crippen molar-refractivity contribution in [3.05, 3.63) is 35.4 Å². The van der Waals surface area contributed by atoms with Crippen LogP contribution in [0.3, 0.4) is 0 Å². The Balaban J connectivity index is 0. The van der Waals surface area contributed by atoms with Gasteiger partial charge in [-0.2, -0.15) is 0 Å². The van der Waals surface area contributed by atoms with Crippen LogP contribution in [0.5, 0.6) is 0 Å². The van der Waals surface area contributed by atoms with Crippen molar-refractivity contribution in [3.63, 3.8) is 0 Å². The molecule has 0 unspecified atom stereocenters. The van der Waals surface area contributed by atoms with Crippen molar-refractivity contribution >= 4 is 13.1 Å². The smallest absolute Gasteiger partial charge is 0.451 e. The number of nitrogens with zero attached hydrogens (tertiary/aromatic N) is 1. The van der Waals surface area contributed by atoms with Gasteiger partial charge in [-0.25, -0.2) is 0 Å². The molecule has 3 rings (SSSR count). The third-order valence-corrected chi connectivity index (χ3v) is 5.29. The van der Waals surface area contributed by atoms with Gasteiger partial charge in [-0.3, -0.25) is 9.69 Å². The molecule has 0 aromatic heterocycles. The predicted molar refractivity (Wildman–Crippen MR) is 135 cm³/mol. The highest BCUT2D eigenvalue weighted by atomic mass is 16.4. The molecule has 1 saturated carbocycles. The van der Waals surface area contributed by atoms with Gasteiger partial charge in [-0.15, -0.1) is 0 Å². The molecule has 1 heterocycles. The molecule has 7 N–H and O–H groups in total. The molecule has 8 heteroatoms. The van der Waals surface area contributed by atoms with E-state index < -0.39 is 13.1 Å². The summed E-state index contributed by atoms with van der Waals surface area (Å²) in [6.07, 6.45) is 5.73. The Morgan fingerprint density at radius 1 is 1.09 bits per heavy atom. The van der Waals surface area contributed by atoms with Gasteiger partial charge in [0.05, 0.1) is 5.92 Å². The fourth-order valence-electron chi connectivity index (χ4n) is 3.79. The zero-order valence-electron chi connectivity index (χ0n) is 21.0. The highest BCUT2D eigenvalue weighted by molar-refractivity contribution is 6.40. The summed E-state index contributed by atoms with van der Waals surface area (Å²) in [5, 5.41) is 25.2. The first kappa shape index (κ1) is 32.7. The number of carbonyl (C=O) groups is 1. The van der Waals surface area contributed by atoms with E-state index in [1.54, 1.807) is 6.92 Å². The fraction of sp³-hybridized carbons (Fsp3) is 0.708. The number of rotatable bonds is 4. The summed E-state index contributed by atoms with van der Waals surface area (Å²) < 4.78 is 0. The van der Waals surface area contributed by atoms with E-state index in [1.165, 1.54) is 24.6 Å². The lowest BCUT2D eigenvalue weighted by atomic mass is 9.78. The number of nitrogens with two attached hydrogens (primary N) is 2. The fourth-order valence-corrected chi connectivity index (χ4v) is 3.79. The average Bonchev–Trinajstić information content (AvgIpc) is 2.83. The van der Waals surface area contributed by atoms with Crippen LogP contribution in [0.25, 0.3) is 0 Å². The lowest BCUT2D eigenvalue weighted by Gasteiger charge is -2.35. The van der Waals surface area contributed by atoms with Gasteiger partial charge in [0.2, 0.25) is 0 Å². The Morgan fingerprint density at radius 2 is 1.59 bits per heavy atom. The Kier molecular flexibility index (Phi) is 21.9. The van der Waals surface area contributed by atoms with Crippen LogP contribution in [0.2, 0.25) is 6.32 Å². The second-order valence-corrected chi connectivity index (χ2v) is 7.54. The first-order chi connectivity index (χ1) is 15.4. The van der Waals surface area contributed by atoms with E-state index in [1.807, 2.05) is 20.8 Å². The largest absolute Gasteiger partial charge is 0.481 e. The molecule has 0 bridgehead atoms. The number of fused-ring (bicyclic) bond motifs is 1. The highest BCUT2D eigenvalue weighted by Gasteiger charge is 2.32. The maximum Gasteiger partial charge on any atom is 0.451 e. The molecule has 0 radical (unpaired) electrons. The third-order valence-electron chi connectivity index (χ3n) is 5.29. The summed E-state index contributed by atoms with van der Waals surface area (Å²) >= 11 is 0. The molecule has 1 aromatic carbocycles. The first-order valence-electron chi connectivity index (χ1n) is 12.1. The van der Waals surface area contributed by atoms with Crippen LogP contribution < -0.4 is 11.5 Å². The number of hydrogen-bond acceptors (Lipinski definition) is 6. The minimum absolute atomic E-state index is 0.124. The third kappa shape index (κ3) is 13.9. The summed E-state index contributed by atoms with van der Waals surface area (Å²) in [5.41, 5.74) is 12.2. The molecule has 0 spiro atoms. The molecule has 0 saturated heterocycles. The van der Waals surface area contributed by atoms with E-state index in [4.69, 9.17) is 15.8 Å². The number of aliphatic carboxylic acids is 1. The second-order valence-electron chi connectivity index (χ2n) is 7.54. The van der Waals surface area contributed by atoms with Gasteiger partial charge in [0.1, 0.15) is 0 Å². The van der Waals surface area contributed by atoms with Crippen LogP contribution in [-0.2, 0) is 17.8 Å². The molecule has 1 aliphatic heterocycles. The predicted octanol–water partition coefficient (Wildman–Crippen LogP) is 2.98. The van der Waals surface area contributed by atoms with E-state index in [2.05, 4.69) is 34.9 Å². The van der Waals surface area contributed by atoms with Crippen molar-refractivity contribution in [1.29, 1.82) is 0 Å². The Hall–Kier alpha value is -1.45. The van der Waals surface area contributed by atoms with E-state index in [0.29, 0.717) is 12.2 Å². The lowest BCUT2D eigenvalue weighted by molar-refractivity contribution is -0.145. The van der Waals surface area contributed by atoms with Gasteiger partial charge in [-0.05, 0) is 56.2 Å². The zero-order chi connectivity index (χ0) is 24.9. The van der Waals surface area contributed by atoms with Gasteiger partial charge >= 0.3 is 13.1 Å². The van der Waals surface area contributed by atoms with Gasteiger partial charge in [0.15, 0.2) is 0 Å². The Labute approximate surface area is 196 Å². The highest BCUT2D eigenvalue weighted by Crippen LogP contribution is 2.32. The summed E-state index contributed by atoms with van der Waals surface area (Å²) in [7, 11) is 0.384. The maximum absolute atomic E-state index is 11.4. The number of carboxylic acids is 1. The normalized spacial score (nSPS) is 19.0. The van der Waals surface area contributed by atoms with E-state index in [-0.39, 0.29) is 5.92 Å². The standard InChI is InChI=1S/C17H23NO2.C2H7BO2.C2H7N.C2H6.CH5N/c19-17(20)16-8-4-3-7-15(16)12-18-10-9-13-5-1-2-6-14(13)11-18;1-2-3(4)5;1-2-3;2*1-2/h1-2,5-6,15-16H,3-4,7-12H2,(H,19,20);4-5H,2H2,1H3;2-3H2,1H3;1-2H3;2H2,1H3/t15-,16-;;;;/m0..../s1. The van der Waals surface area contributed by atoms with Crippen LogP contribution in [0.4, 0.5) is 0 Å². The molecule has 32 heavy (non-hydrogen) atoms. The molecule has 1 aromatic rings. The topological polar surface area (TPSA) is 133 Å². The Bertz CT molecular complexity index is 576. The van der Waals surface area contributed by atoms with Crippen LogP contribution >= 0.6 is 0 Å². The van der Waals surface area contributed by atoms with E-state index >= 15 is 0 Å². The van der Waals surface area contributed by atoms with E-state index in [0.717, 1.165) is 51.9 Å². The quantitative estimate of drug-likeness (QED) is 0.443. The molecule has 1 aliphatic carbocycles. The summed E-state index contributed by atoms with van der Waals surface area (Å²) in [4.78, 5) is 13.8. The van der Waals surface area contributed by atoms with Crippen molar-refractivity contribution in [1.82, 2.24) is 4.90 Å². The number of carboxylic acid groups (broad SMARTS) is 1. The molecule has 7 nitrogen and oxygen atoms in total. The summed E-state index contributed by atoms with van der Waals surface area (Å²) in [6, 6.07) is 8.63.